The van der Waals surface area contributed by atoms with Gasteiger partial charge in [0.05, 0.1) is 5.52 Å². The van der Waals surface area contributed by atoms with Gasteiger partial charge in [0.2, 0.25) is 0 Å². The Bertz CT molecular complexity index is 670. The molecule has 0 spiro atoms. The molecule has 0 fully saturated rings. The molecule has 2 rings (SSSR count). The van der Waals surface area contributed by atoms with Gasteiger partial charge < -0.3 is 15.1 Å². The second-order valence-electron chi connectivity index (χ2n) is 5.17. The third-order valence-corrected chi connectivity index (χ3v) is 3.06. The van der Waals surface area contributed by atoms with Crippen molar-refractivity contribution in [3.8, 4) is 0 Å². The van der Waals surface area contributed by atoms with Gasteiger partial charge in [0.1, 0.15) is 0 Å². The number of nitrogens with zero attached hydrogens (tertiary/aromatic N) is 1. The number of amides is 2. The van der Waals surface area contributed by atoms with E-state index in [2.05, 4.69) is 24.5 Å². The number of oxazole rings is 1. The van der Waals surface area contributed by atoms with Gasteiger partial charge in [-0.25, -0.2) is 9.59 Å². The molecular formula is C14H19N3O3. The van der Waals surface area contributed by atoms with E-state index >= 15 is 0 Å². The first-order valence-corrected chi connectivity index (χ1v) is 6.62. The van der Waals surface area contributed by atoms with Crippen LogP contribution in [0.4, 0.5) is 10.5 Å². The highest BCUT2D eigenvalue weighted by Crippen LogP contribution is 2.17. The summed E-state index contributed by atoms with van der Waals surface area (Å²) in [6.07, 6.45) is 0.931. The Morgan fingerprint density at radius 1 is 1.40 bits per heavy atom. The van der Waals surface area contributed by atoms with Crippen molar-refractivity contribution in [2.24, 2.45) is 13.0 Å². The van der Waals surface area contributed by atoms with Gasteiger partial charge in [0.25, 0.3) is 0 Å². The van der Waals surface area contributed by atoms with Crippen LogP contribution in [0.25, 0.3) is 11.1 Å². The molecule has 2 aromatic rings. The molecule has 0 saturated carbocycles. The van der Waals surface area contributed by atoms with Gasteiger partial charge in [-0.1, -0.05) is 13.8 Å². The molecule has 0 aliphatic rings. The molecule has 0 aliphatic carbocycles. The van der Waals surface area contributed by atoms with E-state index in [1.807, 2.05) is 0 Å². The number of hydrogen-bond donors (Lipinski definition) is 2. The fraction of sp³-hybridized carbons (Fsp3) is 0.429. The van der Waals surface area contributed by atoms with Gasteiger partial charge in [0, 0.05) is 25.3 Å². The molecular weight excluding hydrogens is 258 g/mol. The average Bonchev–Trinajstić information content (AvgIpc) is 2.64. The summed E-state index contributed by atoms with van der Waals surface area (Å²) < 4.78 is 6.49. The van der Waals surface area contributed by atoms with Crippen LogP contribution < -0.4 is 16.4 Å². The molecule has 1 aromatic carbocycles. The first kappa shape index (κ1) is 14.2. The lowest BCUT2D eigenvalue weighted by Crippen LogP contribution is -2.30. The zero-order chi connectivity index (χ0) is 14.7. The van der Waals surface area contributed by atoms with Gasteiger partial charge >= 0.3 is 11.8 Å². The molecule has 1 heterocycles. The molecule has 108 valence electrons. The maximum atomic E-state index is 11.7. The van der Waals surface area contributed by atoms with E-state index in [1.165, 1.54) is 4.57 Å². The maximum Gasteiger partial charge on any atom is 0.419 e. The van der Waals surface area contributed by atoms with Crippen LogP contribution in [0.15, 0.2) is 27.4 Å². The first-order valence-electron chi connectivity index (χ1n) is 6.62. The summed E-state index contributed by atoms with van der Waals surface area (Å²) in [5.74, 6) is 0.128. The molecule has 1 aromatic heterocycles. The summed E-state index contributed by atoms with van der Waals surface area (Å²) >= 11 is 0. The highest BCUT2D eigenvalue weighted by molar-refractivity contribution is 5.91. The van der Waals surface area contributed by atoms with E-state index in [4.69, 9.17) is 4.42 Å². The highest BCUT2D eigenvalue weighted by Gasteiger charge is 2.08. The molecule has 0 aliphatic heterocycles. The predicted molar refractivity (Wildman–Crippen MR) is 77.9 cm³/mol. The minimum absolute atomic E-state index is 0.261. The van der Waals surface area contributed by atoms with Crippen LogP contribution in [0.2, 0.25) is 0 Å². The Morgan fingerprint density at radius 2 is 2.15 bits per heavy atom. The maximum absolute atomic E-state index is 11.7. The summed E-state index contributed by atoms with van der Waals surface area (Å²) in [6, 6.07) is 4.85. The zero-order valence-electron chi connectivity index (χ0n) is 11.9. The monoisotopic (exact) mass is 277 g/mol. The number of carbonyl (C=O) groups is 1. The van der Waals surface area contributed by atoms with E-state index in [1.54, 1.807) is 25.2 Å². The lowest BCUT2D eigenvalue weighted by molar-refractivity contribution is 0.251. The highest BCUT2D eigenvalue weighted by atomic mass is 16.4. The Morgan fingerprint density at radius 3 is 2.85 bits per heavy atom. The Hall–Kier alpha value is -2.24. The minimum Gasteiger partial charge on any atom is -0.408 e. The Kier molecular flexibility index (Phi) is 4.12. The van der Waals surface area contributed by atoms with Crippen molar-refractivity contribution in [3.05, 3.63) is 28.7 Å². The van der Waals surface area contributed by atoms with Crippen molar-refractivity contribution in [2.75, 3.05) is 11.9 Å². The van der Waals surface area contributed by atoms with Crippen LogP contribution in [0.1, 0.15) is 20.3 Å². The van der Waals surface area contributed by atoms with Crippen molar-refractivity contribution < 1.29 is 9.21 Å². The molecule has 20 heavy (non-hydrogen) atoms. The van der Waals surface area contributed by atoms with Crippen molar-refractivity contribution in [1.82, 2.24) is 9.88 Å². The standard InChI is InChI=1S/C14H19N3O3/c1-9(2)6-7-15-13(18)16-10-4-5-11-12(8-10)20-14(19)17(11)3/h4-5,8-9H,6-7H2,1-3H3,(H2,15,16,18). The van der Waals surface area contributed by atoms with Gasteiger partial charge in [0.15, 0.2) is 5.58 Å². The smallest absolute Gasteiger partial charge is 0.408 e. The van der Waals surface area contributed by atoms with Crippen LogP contribution in [0.3, 0.4) is 0 Å². The summed E-state index contributed by atoms with van der Waals surface area (Å²) in [5.41, 5.74) is 1.74. The molecule has 0 bridgehead atoms. The van der Waals surface area contributed by atoms with E-state index in [0.717, 1.165) is 6.42 Å². The Balaban J connectivity index is 2.03. The van der Waals surface area contributed by atoms with Crippen LogP contribution in [-0.2, 0) is 7.05 Å². The summed E-state index contributed by atoms with van der Waals surface area (Å²) in [5, 5.41) is 5.49. The molecule has 6 nitrogen and oxygen atoms in total. The molecule has 2 amide bonds. The number of nitrogens with one attached hydrogen (secondary N) is 2. The van der Waals surface area contributed by atoms with Crippen LogP contribution in [-0.4, -0.2) is 17.1 Å². The number of aryl methyl sites for hydroxylation is 1. The first-order chi connectivity index (χ1) is 9.47. The molecule has 6 heteroatoms. The number of aromatic nitrogens is 1. The van der Waals surface area contributed by atoms with Crippen molar-refractivity contribution >= 4 is 22.8 Å². The lowest BCUT2D eigenvalue weighted by Gasteiger charge is -2.08. The van der Waals surface area contributed by atoms with E-state index in [-0.39, 0.29) is 6.03 Å². The van der Waals surface area contributed by atoms with Crippen LogP contribution in [0.5, 0.6) is 0 Å². The molecule has 0 unspecified atom stereocenters. The largest absolute Gasteiger partial charge is 0.419 e. The number of hydrogen-bond acceptors (Lipinski definition) is 3. The summed E-state index contributed by atoms with van der Waals surface area (Å²) in [4.78, 5) is 23.1. The van der Waals surface area contributed by atoms with Gasteiger partial charge in [-0.15, -0.1) is 0 Å². The second-order valence-corrected chi connectivity index (χ2v) is 5.17. The zero-order valence-corrected chi connectivity index (χ0v) is 11.9. The number of urea groups is 1. The number of benzene rings is 1. The SMILES string of the molecule is CC(C)CCNC(=O)Nc1ccc2c(c1)oc(=O)n2C. The molecule has 0 radical (unpaired) electrons. The van der Waals surface area contributed by atoms with Gasteiger partial charge in [-0.05, 0) is 24.5 Å². The third-order valence-electron chi connectivity index (χ3n) is 3.06. The fourth-order valence-corrected chi connectivity index (χ4v) is 1.86. The number of fused-ring (bicyclic) bond motifs is 1. The Labute approximate surface area is 116 Å². The third kappa shape index (κ3) is 3.20. The van der Waals surface area contributed by atoms with Gasteiger partial charge in [-0.2, -0.15) is 0 Å². The molecule has 0 atom stereocenters. The second kappa shape index (κ2) is 5.81. The van der Waals surface area contributed by atoms with Gasteiger partial charge in [-0.3, -0.25) is 4.57 Å². The minimum atomic E-state index is -0.418. The quantitative estimate of drug-likeness (QED) is 0.900. The van der Waals surface area contributed by atoms with E-state index in [9.17, 15) is 9.59 Å². The van der Waals surface area contributed by atoms with E-state index < -0.39 is 5.76 Å². The fourth-order valence-electron chi connectivity index (χ4n) is 1.86. The van der Waals surface area contributed by atoms with Crippen molar-refractivity contribution in [1.29, 1.82) is 0 Å². The predicted octanol–water partition coefficient (Wildman–Crippen LogP) is 2.30. The normalized spacial score (nSPS) is 11.0. The molecule has 2 N–H and O–H groups in total. The van der Waals surface area contributed by atoms with Crippen molar-refractivity contribution in [2.45, 2.75) is 20.3 Å². The van der Waals surface area contributed by atoms with Crippen LogP contribution >= 0.6 is 0 Å². The number of anilines is 1. The summed E-state index contributed by atoms with van der Waals surface area (Å²) in [7, 11) is 1.64. The van der Waals surface area contributed by atoms with Crippen molar-refractivity contribution in [3.63, 3.8) is 0 Å². The average molecular weight is 277 g/mol. The molecule has 0 saturated heterocycles. The topological polar surface area (TPSA) is 76.3 Å². The summed E-state index contributed by atoms with van der Waals surface area (Å²) in [6.45, 7) is 4.84. The van der Waals surface area contributed by atoms with Crippen LogP contribution in [0, 0.1) is 5.92 Å². The number of carbonyl (C=O) groups excluding carboxylic acids is 1. The van der Waals surface area contributed by atoms with E-state index in [0.29, 0.717) is 29.2 Å². The lowest BCUT2D eigenvalue weighted by atomic mass is 10.1. The number of rotatable bonds is 4.